The van der Waals surface area contributed by atoms with Crippen LogP contribution in [0.15, 0.2) is 23.3 Å². The van der Waals surface area contributed by atoms with E-state index in [0.29, 0.717) is 11.4 Å². The number of hydrogen-bond acceptors (Lipinski definition) is 6. The number of nitrogen functional groups attached to an aromatic ring is 1. The number of aliphatic imine (C=N–C) groups is 1. The van der Waals surface area contributed by atoms with Gasteiger partial charge in [0.2, 0.25) is 0 Å². The monoisotopic (exact) mass is 305 g/mol. The van der Waals surface area contributed by atoms with Crippen molar-refractivity contribution in [1.82, 2.24) is 4.90 Å². The lowest BCUT2D eigenvalue weighted by atomic mass is 10.0. The van der Waals surface area contributed by atoms with Crippen LogP contribution in [0.5, 0.6) is 5.75 Å². The molecule has 0 saturated heterocycles. The Morgan fingerprint density at radius 2 is 1.95 bits per heavy atom. The summed E-state index contributed by atoms with van der Waals surface area (Å²) in [6, 6.07) is 3.81. The highest BCUT2D eigenvalue weighted by atomic mass is 16.5. The van der Waals surface area contributed by atoms with Crippen LogP contribution in [0.1, 0.15) is 5.56 Å². The first kappa shape index (κ1) is 17.8. The van der Waals surface area contributed by atoms with Gasteiger partial charge in [0.25, 0.3) is 0 Å². The van der Waals surface area contributed by atoms with Crippen LogP contribution in [-0.4, -0.2) is 59.5 Å². The molecule has 0 unspecified atom stereocenters. The Morgan fingerprint density at radius 1 is 1.27 bits per heavy atom. The highest BCUT2D eigenvalue weighted by molar-refractivity contribution is 6.12. The summed E-state index contributed by atoms with van der Waals surface area (Å²) in [5.74, 6) is 0.653. The van der Waals surface area contributed by atoms with E-state index in [4.69, 9.17) is 16.2 Å². The standard InChI is InChI=1S/C16H27N5O/c1-19-11-12(10-17)13-8-14(18)16(22-5)9-15(13)21(4)7-6-20(2)3/h8-11H,6-7,17-18H2,1-5H3. The molecule has 22 heavy (non-hydrogen) atoms. The molecule has 0 amide bonds. The van der Waals surface area contributed by atoms with Crippen molar-refractivity contribution in [3.05, 3.63) is 23.9 Å². The van der Waals surface area contributed by atoms with E-state index in [1.807, 2.05) is 33.3 Å². The summed E-state index contributed by atoms with van der Waals surface area (Å²) < 4.78 is 5.34. The number of hydrogen-bond donors (Lipinski definition) is 2. The largest absolute Gasteiger partial charge is 0.495 e. The van der Waals surface area contributed by atoms with Crippen LogP contribution in [0.4, 0.5) is 11.4 Å². The van der Waals surface area contributed by atoms with Crippen LogP contribution in [0.2, 0.25) is 0 Å². The van der Waals surface area contributed by atoms with E-state index in [2.05, 4.69) is 14.8 Å². The van der Waals surface area contributed by atoms with Gasteiger partial charge in [-0.2, -0.15) is 0 Å². The maximum atomic E-state index is 6.05. The topological polar surface area (TPSA) is 80.1 Å². The van der Waals surface area contributed by atoms with E-state index in [9.17, 15) is 0 Å². The van der Waals surface area contributed by atoms with Gasteiger partial charge in [0.15, 0.2) is 0 Å². The van der Waals surface area contributed by atoms with Crippen molar-refractivity contribution in [2.24, 2.45) is 10.7 Å². The minimum absolute atomic E-state index is 0.575. The quantitative estimate of drug-likeness (QED) is 0.586. The zero-order valence-electron chi connectivity index (χ0n) is 14.1. The maximum absolute atomic E-state index is 6.05. The highest BCUT2D eigenvalue weighted by Gasteiger charge is 2.14. The Hall–Kier alpha value is -2.21. The Balaban J connectivity index is 3.31. The summed E-state index contributed by atoms with van der Waals surface area (Å²) >= 11 is 0. The van der Waals surface area contributed by atoms with E-state index in [-0.39, 0.29) is 0 Å². The fourth-order valence-electron chi connectivity index (χ4n) is 2.12. The van der Waals surface area contributed by atoms with E-state index in [1.165, 1.54) is 6.20 Å². The molecule has 0 saturated carbocycles. The number of benzene rings is 1. The second kappa shape index (κ2) is 8.29. The van der Waals surface area contributed by atoms with Crippen molar-refractivity contribution in [2.45, 2.75) is 0 Å². The number of allylic oxidation sites excluding steroid dienone is 1. The SMILES string of the molecule is CN=CC(=CN)c1cc(N)c(OC)cc1N(C)CCN(C)C. The first-order valence-electron chi connectivity index (χ1n) is 7.12. The van der Waals surface area contributed by atoms with Gasteiger partial charge in [-0.05, 0) is 20.2 Å². The minimum atomic E-state index is 0.575. The molecular formula is C16H27N5O. The Kier molecular flexibility index (Phi) is 6.72. The van der Waals surface area contributed by atoms with Crippen LogP contribution < -0.4 is 21.1 Å². The average Bonchev–Trinajstić information content (AvgIpc) is 2.49. The summed E-state index contributed by atoms with van der Waals surface area (Å²) in [7, 11) is 9.46. The molecule has 0 aliphatic carbocycles. The lowest BCUT2D eigenvalue weighted by Crippen LogP contribution is -2.29. The molecule has 0 aliphatic heterocycles. The molecule has 0 fully saturated rings. The Morgan fingerprint density at radius 3 is 2.45 bits per heavy atom. The predicted molar refractivity (Wildman–Crippen MR) is 95.8 cm³/mol. The second-order valence-electron chi connectivity index (χ2n) is 5.35. The van der Waals surface area contributed by atoms with E-state index >= 15 is 0 Å². The molecule has 0 heterocycles. The second-order valence-corrected chi connectivity index (χ2v) is 5.35. The number of nitrogens with zero attached hydrogens (tertiary/aromatic N) is 3. The van der Waals surface area contributed by atoms with Gasteiger partial charge in [-0.3, -0.25) is 4.99 Å². The van der Waals surface area contributed by atoms with Gasteiger partial charge in [-0.15, -0.1) is 0 Å². The predicted octanol–water partition coefficient (Wildman–Crippen LogP) is 1.28. The molecule has 6 heteroatoms. The van der Waals surface area contributed by atoms with Crippen molar-refractivity contribution < 1.29 is 4.74 Å². The molecule has 1 aromatic rings. The van der Waals surface area contributed by atoms with Gasteiger partial charge in [-0.25, -0.2) is 0 Å². The molecule has 6 nitrogen and oxygen atoms in total. The Labute approximate surface area is 133 Å². The van der Waals surface area contributed by atoms with Crippen molar-refractivity contribution in [3.8, 4) is 5.75 Å². The minimum Gasteiger partial charge on any atom is -0.495 e. The number of methoxy groups -OCH3 is 1. The van der Waals surface area contributed by atoms with Gasteiger partial charge >= 0.3 is 0 Å². The fourth-order valence-corrected chi connectivity index (χ4v) is 2.12. The van der Waals surface area contributed by atoms with Crippen molar-refractivity contribution in [2.75, 3.05) is 59.0 Å². The van der Waals surface area contributed by atoms with Gasteiger partial charge in [0.05, 0.1) is 12.8 Å². The van der Waals surface area contributed by atoms with Gasteiger partial charge in [0, 0.05) is 62.5 Å². The molecule has 0 aromatic heterocycles. The molecule has 0 radical (unpaired) electrons. The number of nitrogens with two attached hydrogens (primary N) is 2. The van der Waals surface area contributed by atoms with Crippen LogP contribution in [0.25, 0.3) is 5.57 Å². The summed E-state index contributed by atoms with van der Waals surface area (Å²) in [6.45, 7) is 1.81. The summed E-state index contributed by atoms with van der Waals surface area (Å²) in [4.78, 5) is 8.35. The van der Waals surface area contributed by atoms with Crippen molar-refractivity contribution in [3.63, 3.8) is 0 Å². The van der Waals surface area contributed by atoms with Crippen molar-refractivity contribution in [1.29, 1.82) is 0 Å². The third kappa shape index (κ3) is 4.39. The third-order valence-corrected chi connectivity index (χ3v) is 3.40. The Bertz CT molecular complexity index is 552. The van der Waals surface area contributed by atoms with Crippen LogP contribution in [0, 0.1) is 0 Å². The molecule has 0 bridgehead atoms. The first-order valence-corrected chi connectivity index (χ1v) is 7.12. The van der Waals surface area contributed by atoms with Crippen molar-refractivity contribution >= 4 is 23.2 Å². The van der Waals surface area contributed by atoms with Gasteiger partial charge < -0.3 is 26.0 Å². The third-order valence-electron chi connectivity index (χ3n) is 3.40. The molecule has 1 aromatic carbocycles. The molecule has 0 atom stereocenters. The van der Waals surface area contributed by atoms with Gasteiger partial charge in [0.1, 0.15) is 5.75 Å². The van der Waals surface area contributed by atoms with E-state index in [0.717, 1.165) is 29.9 Å². The fraction of sp³-hybridized carbons (Fsp3) is 0.438. The molecule has 0 spiro atoms. The number of rotatable bonds is 7. The lowest BCUT2D eigenvalue weighted by Gasteiger charge is -2.25. The normalized spacial score (nSPS) is 12.2. The van der Waals surface area contributed by atoms with Crippen LogP contribution in [0.3, 0.4) is 0 Å². The smallest absolute Gasteiger partial charge is 0.143 e. The molecule has 0 aliphatic rings. The number of anilines is 2. The van der Waals surface area contributed by atoms with Crippen LogP contribution in [-0.2, 0) is 0 Å². The molecule has 4 N–H and O–H groups in total. The zero-order chi connectivity index (χ0) is 16.7. The van der Waals surface area contributed by atoms with Crippen LogP contribution >= 0.6 is 0 Å². The summed E-state index contributed by atoms with van der Waals surface area (Å²) in [5.41, 5.74) is 15.1. The lowest BCUT2D eigenvalue weighted by molar-refractivity contribution is 0.413. The zero-order valence-corrected chi connectivity index (χ0v) is 14.1. The molecule has 1 rings (SSSR count). The number of likely N-dealkylation sites (N-methyl/N-ethyl adjacent to an activating group) is 2. The summed E-state index contributed by atoms with van der Waals surface area (Å²) in [6.07, 6.45) is 3.27. The van der Waals surface area contributed by atoms with E-state index < -0.39 is 0 Å². The highest BCUT2D eigenvalue weighted by Crippen LogP contribution is 2.34. The summed E-state index contributed by atoms with van der Waals surface area (Å²) in [5, 5.41) is 0. The number of ether oxygens (including phenoxy) is 1. The maximum Gasteiger partial charge on any atom is 0.143 e. The van der Waals surface area contributed by atoms with Gasteiger partial charge in [-0.1, -0.05) is 0 Å². The molecular weight excluding hydrogens is 278 g/mol. The first-order chi connectivity index (χ1) is 10.4. The van der Waals surface area contributed by atoms with E-state index in [1.54, 1.807) is 20.4 Å². The molecule has 122 valence electrons. The average molecular weight is 305 g/mol.